The highest BCUT2D eigenvalue weighted by Gasteiger charge is 2.30. The number of piperazine rings is 1. The topological polar surface area (TPSA) is 72.9 Å². The predicted octanol–water partition coefficient (Wildman–Crippen LogP) is -0.397. The Balaban J connectivity index is 1.80. The van der Waals surface area contributed by atoms with Crippen LogP contribution in [0.3, 0.4) is 0 Å². The van der Waals surface area contributed by atoms with Crippen LogP contribution in [0.1, 0.15) is 19.8 Å². The molecule has 2 aliphatic heterocycles. The molecule has 2 atom stereocenters. The number of amides is 1. The molecule has 0 radical (unpaired) electrons. The molecule has 6 nitrogen and oxygen atoms in total. The van der Waals surface area contributed by atoms with Gasteiger partial charge in [-0.15, -0.1) is 0 Å². The van der Waals surface area contributed by atoms with Crippen molar-refractivity contribution >= 4 is 11.9 Å². The predicted molar refractivity (Wildman–Crippen MR) is 70.8 cm³/mol. The molecule has 108 valence electrons. The van der Waals surface area contributed by atoms with Crippen molar-refractivity contribution in [3.05, 3.63) is 0 Å². The molecule has 2 unspecified atom stereocenters. The fourth-order valence-electron chi connectivity index (χ4n) is 2.93. The van der Waals surface area contributed by atoms with E-state index in [2.05, 4.69) is 12.2 Å². The van der Waals surface area contributed by atoms with E-state index in [0.717, 1.165) is 19.4 Å². The third kappa shape index (κ3) is 3.91. The molecular formula is C13H23N3O3. The Morgan fingerprint density at radius 2 is 1.95 bits per heavy atom. The number of hydrogen-bond donors (Lipinski definition) is 2. The van der Waals surface area contributed by atoms with Gasteiger partial charge in [0.15, 0.2) is 0 Å². The van der Waals surface area contributed by atoms with Gasteiger partial charge in [-0.05, 0) is 26.3 Å². The van der Waals surface area contributed by atoms with Gasteiger partial charge >= 0.3 is 5.97 Å². The number of carbonyl (C=O) groups excluding carboxylic acids is 1. The zero-order valence-corrected chi connectivity index (χ0v) is 11.5. The number of carboxylic acid groups (broad SMARTS) is 1. The van der Waals surface area contributed by atoms with E-state index >= 15 is 0 Å². The lowest BCUT2D eigenvalue weighted by atomic mass is 9.92. The third-order valence-electron chi connectivity index (χ3n) is 4.02. The Bertz CT molecular complexity index is 340. The van der Waals surface area contributed by atoms with Crippen molar-refractivity contribution < 1.29 is 14.7 Å². The summed E-state index contributed by atoms with van der Waals surface area (Å²) in [4.78, 5) is 26.8. The lowest BCUT2D eigenvalue weighted by Gasteiger charge is -2.37. The minimum atomic E-state index is -0.799. The smallest absolute Gasteiger partial charge is 0.317 e. The fraction of sp³-hybridized carbons (Fsp3) is 0.846. The number of carbonyl (C=O) groups is 2. The van der Waals surface area contributed by atoms with Crippen LogP contribution in [-0.4, -0.2) is 72.1 Å². The summed E-state index contributed by atoms with van der Waals surface area (Å²) in [6.45, 7) is 5.75. The first kappa shape index (κ1) is 14.3. The molecule has 0 aromatic carbocycles. The molecule has 19 heavy (non-hydrogen) atoms. The van der Waals surface area contributed by atoms with Crippen molar-refractivity contribution in [2.24, 2.45) is 5.92 Å². The van der Waals surface area contributed by atoms with Gasteiger partial charge in [0.1, 0.15) is 0 Å². The van der Waals surface area contributed by atoms with Gasteiger partial charge in [-0.25, -0.2) is 0 Å². The number of nitrogens with zero attached hydrogens (tertiary/aromatic N) is 2. The Labute approximate surface area is 113 Å². The Hall–Kier alpha value is -1.14. The number of hydrogen-bond acceptors (Lipinski definition) is 4. The van der Waals surface area contributed by atoms with E-state index in [-0.39, 0.29) is 18.4 Å². The summed E-state index contributed by atoms with van der Waals surface area (Å²) in [5.74, 6) is -0.405. The summed E-state index contributed by atoms with van der Waals surface area (Å²) < 4.78 is 0. The highest BCUT2D eigenvalue weighted by molar-refractivity contribution is 5.79. The van der Waals surface area contributed by atoms with Gasteiger partial charge in [0.25, 0.3) is 0 Å². The molecule has 2 heterocycles. The van der Waals surface area contributed by atoms with Crippen molar-refractivity contribution in [1.82, 2.24) is 15.1 Å². The summed E-state index contributed by atoms with van der Waals surface area (Å²) >= 11 is 0. The summed E-state index contributed by atoms with van der Waals surface area (Å²) in [5.41, 5.74) is 0. The van der Waals surface area contributed by atoms with Gasteiger partial charge in [-0.1, -0.05) is 0 Å². The summed E-state index contributed by atoms with van der Waals surface area (Å²) in [5, 5.41) is 12.1. The van der Waals surface area contributed by atoms with Crippen LogP contribution in [0.4, 0.5) is 0 Å². The first-order valence-corrected chi connectivity index (χ1v) is 7.02. The van der Waals surface area contributed by atoms with Crippen molar-refractivity contribution in [2.45, 2.75) is 25.8 Å². The molecule has 2 fully saturated rings. The maximum absolute atomic E-state index is 12.4. The first-order valence-electron chi connectivity index (χ1n) is 7.02. The van der Waals surface area contributed by atoms with Crippen LogP contribution in [0, 0.1) is 5.92 Å². The van der Waals surface area contributed by atoms with E-state index < -0.39 is 5.97 Å². The van der Waals surface area contributed by atoms with Crippen LogP contribution >= 0.6 is 0 Å². The maximum atomic E-state index is 12.4. The molecule has 0 aromatic rings. The number of nitrogens with one attached hydrogen (secondary N) is 1. The van der Waals surface area contributed by atoms with Crippen LogP contribution < -0.4 is 5.32 Å². The lowest BCUT2D eigenvalue weighted by Crippen LogP contribution is -2.52. The summed E-state index contributed by atoms with van der Waals surface area (Å²) in [6, 6.07) is 0.413. The second-order valence-corrected chi connectivity index (χ2v) is 5.57. The standard InChI is InChI=1S/C13H23N3O3/c1-10-8-11(2-3-14-10)13(19)16-6-4-15(5-7-16)9-12(17)18/h10-11,14H,2-9H2,1H3,(H,17,18). The number of rotatable bonds is 3. The second kappa shape index (κ2) is 6.34. The molecule has 2 N–H and O–H groups in total. The molecule has 0 saturated carbocycles. The zero-order chi connectivity index (χ0) is 13.8. The molecule has 1 amide bonds. The zero-order valence-electron chi connectivity index (χ0n) is 11.5. The van der Waals surface area contributed by atoms with Gasteiger partial charge in [-0.3, -0.25) is 14.5 Å². The third-order valence-corrected chi connectivity index (χ3v) is 4.02. The molecule has 2 saturated heterocycles. The molecule has 2 aliphatic rings. The summed E-state index contributed by atoms with van der Waals surface area (Å²) in [7, 11) is 0. The van der Waals surface area contributed by atoms with Crippen LogP contribution in [0.15, 0.2) is 0 Å². The van der Waals surface area contributed by atoms with Gasteiger partial charge in [0.2, 0.25) is 5.91 Å². The van der Waals surface area contributed by atoms with Gasteiger partial charge in [0.05, 0.1) is 6.54 Å². The van der Waals surface area contributed by atoms with Gasteiger partial charge in [0, 0.05) is 38.1 Å². The summed E-state index contributed by atoms with van der Waals surface area (Å²) in [6.07, 6.45) is 1.83. The Kier molecular flexibility index (Phi) is 4.76. The lowest BCUT2D eigenvalue weighted by molar-refractivity contribution is -0.141. The van der Waals surface area contributed by atoms with Crippen LogP contribution in [-0.2, 0) is 9.59 Å². The largest absolute Gasteiger partial charge is 0.480 e. The molecular weight excluding hydrogens is 246 g/mol. The quantitative estimate of drug-likeness (QED) is 0.729. The van der Waals surface area contributed by atoms with Crippen molar-refractivity contribution in [2.75, 3.05) is 39.3 Å². The van der Waals surface area contributed by atoms with E-state index in [0.29, 0.717) is 32.2 Å². The maximum Gasteiger partial charge on any atom is 0.317 e. The molecule has 0 bridgehead atoms. The highest BCUT2D eigenvalue weighted by atomic mass is 16.4. The fourth-order valence-corrected chi connectivity index (χ4v) is 2.93. The number of aliphatic carboxylic acids is 1. The Morgan fingerprint density at radius 1 is 1.26 bits per heavy atom. The minimum absolute atomic E-state index is 0.0758. The molecule has 6 heteroatoms. The average Bonchev–Trinajstić information content (AvgIpc) is 2.38. The van der Waals surface area contributed by atoms with Crippen LogP contribution in [0.25, 0.3) is 0 Å². The molecule has 0 aliphatic carbocycles. The van der Waals surface area contributed by atoms with Gasteiger partial charge in [-0.2, -0.15) is 0 Å². The molecule has 0 spiro atoms. The molecule has 0 aromatic heterocycles. The van der Waals surface area contributed by atoms with Crippen LogP contribution in [0.2, 0.25) is 0 Å². The first-order chi connectivity index (χ1) is 9.06. The second-order valence-electron chi connectivity index (χ2n) is 5.57. The van der Waals surface area contributed by atoms with E-state index in [1.807, 2.05) is 9.80 Å². The van der Waals surface area contributed by atoms with Crippen LogP contribution in [0.5, 0.6) is 0 Å². The Morgan fingerprint density at radius 3 is 2.53 bits per heavy atom. The normalized spacial score (nSPS) is 29.2. The number of carboxylic acids is 1. The van der Waals surface area contributed by atoms with Gasteiger partial charge < -0.3 is 15.3 Å². The van der Waals surface area contributed by atoms with E-state index in [1.165, 1.54) is 0 Å². The van der Waals surface area contributed by atoms with Crippen molar-refractivity contribution in [3.63, 3.8) is 0 Å². The molecule has 2 rings (SSSR count). The van der Waals surface area contributed by atoms with Crippen molar-refractivity contribution in [3.8, 4) is 0 Å². The van der Waals surface area contributed by atoms with E-state index in [4.69, 9.17) is 5.11 Å². The highest BCUT2D eigenvalue weighted by Crippen LogP contribution is 2.19. The van der Waals surface area contributed by atoms with E-state index in [1.54, 1.807) is 0 Å². The monoisotopic (exact) mass is 269 g/mol. The minimum Gasteiger partial charge on any atom is -0.480 e. The average molecular weight is 269 g/mol. The van der Waals surface area contributed by atoms with Crippen molar-refractivity contribution in [1.29, 1.82) is 0 Å². The number of piperidine rings is 1. The SMILES string of the molecule is CC1CC(C(=O)N2CCN(CC(=O)O)CC2)CCN1. The van der Waals surface area contributed by atoms with E-state index in [9.17, 15) is 9.59 Å².